The summed E-state index contributed by atoms with van der Waals surface area (Å²) in [6.45, 7) is 4.85. The quantitative estimate of drug-likeness (QED) is 0.457. The van der Waals surface area contributed by atoms with Crippen molar-refractivity contribution in [1.29, 1.82) is 0 Å². The lowest BCUT2D eigenvalue weighted by Crippen LogP contribution is -2.49. The Morgan fingerprint density at radius 1 is 0.909 bits per heavy atom. The molecule has 4 aromatic rings. The molecule has 2 aromatic carbocycles. The third kappa shape index (κ3) is 4.07. The number of nitrogens with zero attached hydrogens (tertiary/aromatic N) is 6. The van der Waals surface area contributed by atoms with Crippen LogP contribution in [0.5, 0.6) is 0 Å². The predicted molar refractivity (Wildman–Crippen MR) is 129 cm³/mol. The van der Waals surface area contributed by atoms with Crippen molar-refractivity contribution >= 4 is 23.2 Å². The molecule has 0 spiro atoms. The van der Waals surface area contributed by atoms with Crippen molar-refractivity contribution in [3.63, 3.8) is 0 Å². The first-order valence-electron chi connectivity index (χ1n) is 10.8. The number of rotatable bonds is 4. The molecule has 0 saturated carbocycles. The van der Waals surface area contributed by atoms with Crippen molar-refractivity contribution < 1.29 is 4.79 Å². The maximum atomic E-state index is 13.6. The summed E-state index contributed by atoms with van der Waals surface area (Å²) in [4.78, 5) is 22.0. The van der Waals surface area contributed by atoms with Crippen molar-refractivity contribution in [3.05, 3.63) is 89.3 Å². The number of hydrogen-bond acceptors (Lipinski definition) is 5. The molecule has 5 rings (SSSR count). The van der Waals surface area contributed by atoms with Gasteiger partial charge in [-0.15, -0.1) is 5.10 Å². The van der Waals surface area contributed by atoms with Gasteiger partial charge in [0.05, 0.1) is 10.7 Å². The van der Waals surface area contributed by atoms with Gasteiger partial charge in [0.2, 0.25) is 0 Å². The molecule has 8 heteroatoms. The van der Waals surface area contributed by atoms with E-state index in [0.717, 1.165) is 18.7 Å². The Bertz CT molecular complexity index is 1280. The van der Waals surface area contributed by atoms with E-state index in [4.69, 9.17) is 11.6 Å². The summed E-state index contributed by atoms with van der Waals surface area (Å²) in [5.41, 5.74) is 4.75. The van der Waals surface area contributed by atoms with Crippen LogP contribution in [0.4, 0.5) is 5.69 Å². The van der Waals surface area contributed by atoms with Crippen LogP contribution in [0, 0.1) is 6.92 Å². The molecule has 0 bridgehead atoms. The molecule has 1 fully saturated rings. The number of para-hydroxylation sites is 2. The van der Waals surface area contributed by atoms with Gasteiger partial charge in [-0.25, -0.2) is 4.68 Å². The number of benzene rings is 2. The van der Waals surface area contributed by atoms with Crippen molar-refractivity contribution in [2.24, 2.45) is 0 Å². The highest BCUT2D eigenvalue weighted by molar-refractivity contribution is 6.32. The van der Waals surface area contributed by atoms with Crippen molar-refractivity contribution in [2.45, 2.75) is 6.92 Å². The second kappa shape index (κ2) is 9.03. The van der Waals surface area contributed by atoms with Gasteiger partial charge in [0.1, 0.15) is 5.69 Å². The van der Waals surface area contributed by atoms with Crippen LogP contribution >= 0.6 is 11.6 Å². The number of carbonyl (C=O) groups is 1. The highest BCUT2D eigenvalue weighted by Crippen LogP contribution is 2.29. The largest absolute Gasteiger partial charge is 0.368 e. The van der Waals surface area contributed by atoms with Gasteiger partial charge >= 0.3 is 0 Å². The molecular formula is C25H23ClN6O. The molecule has 2 aromatic heterocycles. The van der Waals surface area contributed by atoms with Gasteiger partial charge in [0.15, 0.2) is 5.69 Å². The fourth-order valence-corrected chi connectivity index (χ4v) is 4.41. The van der Waals surface area contributed by atoms with Crippen molar-refractivity contribution in [2.75, 3.05) is 31.1 Å². The average molecular weight is 459 g/mol. The van der Waals surface area contributed by atoms with Crippen molar-refractivity contribution in [1.82, 2.24) is 24.9 Å². The average Bonchev–Trinajstić information content (AvgIpc) is 3.30. The van der Waals surface area contributed by atoms with Crippen LogP contribution in [0.1, 0.15) is 16.1 Å². The molecule has 33 heavy (non-hydrogen) atoms. The molecule has 0 unspecified atom stereocenters. The summed E-state index contributed by atoms with van der Waals surface area (Å²) in [6, 6.07) is 19.4. The number of piperazine rings is 1. The zero-order valence-electron chi connectivity index (χ0n) is 18.2. The van der Waals surface area contributed by atoms with E-state index in [1.807, 2.05) is 47.4 Å². The van der Waals surface area contributed by atoms with Crippen LogP contribution in [-0.4, -0.2) is 57.0 Å². The Kier molecular flexibility index (Phi) is 5.79. The standard InChI is InChI=1S/C25H23ClN6O/c1-18-7-2-4-10-21(18)30-13-15-31(16-14-30)25(33)23-24(19-8-6-12-27-17-19)32(29-28-23)22-11-5-3-9-20(22)26/h2-12,17H,13-16H2,1H3. The predicted octanol–water partition coefficient (Wildman–Crippen LogP) is 4.25. The Hall–Kier alpha value is -3.71. The first-order valence-corrected chi connectivity index (χ1v) is 11.2. The normalized spacial score (nSPS) is 13.9. The molecular weight excluding hydrogens is 436 g/mol. The van der Waals surface area contributed by atoms with Crippen LogP contribution in [-0.2, 0) is 0 Å². The van der Waals surface area contributed by atoms with Gasteiger partial charge in [0, 0.05) is 49.8 Å². The van der Waals surface area contributed by atoms with E-state index in [1.54, 1.807) is 23.1 Å². The molecule has 0 atom stereocenters. The second-order valence-corrected chi connectivity index (χ2v) is 8.36. The SMILES string of the molecule is Cc1ccccc1N1CCN(C(=O)c2nnn(-c3ccccc3Cl)c2-c2cccnc2)CC1. The summed E-state index contributed by atoms with van der Waals surface area (Å²) < 4.78 is 1.62. The Labute approximate surface area is 197 Å². The van der Waals surface area contributed by atoms with Gasteiger partial charge in [-0.05, 0) is 42.8 Å². The number of amides is 1. The van der Waals surface area contributed by atoms with E-state index in [0.29, 0.717) is 35.2 Å². The van der Waals surface area contributed by atoms with Gasteiger partial charge < -0.3 is 9.80 Å². The number of anilines is 1. The molecule has 0 radical (unpaired) electrons. The Morgan fingerprint density at radius 2 is 1.64 bits per heavy atom. The first kappa shape index (κ1) is 21.2. The maximum absolute atomic E-state index is 13.6. The molecule has 0 aliphatic carbocycles. The summed E-state index contributed by atoms with van der Waals surface area (Å²) >= 11 is 6.44. The minimum Gasteiger partial charge on any atom is -0.368 e. The minimum absolute atomic E-state index is 0.142. The summed E-state index contributed by atoms with van der Waals surface area (Å²) in [6.07, 6.45) is 3.40. The minimum atomic E-state index is -0.142. The van der Waals surface area contributed by atoms with Crippen LogP contribution in [0.2, 0.25) is 5.02 Å². The van der Waals surface area contributed by atoms with Gasteiger partial charge in [-0.2, -0.15) is 0 Å². The van der Waals surface area contributed by atoms with Crippen LogP contribution < -0.4 is 4.90 Å². The lowest BCUT2D eigenvalue weighted by atomic mass is 10.1. The third-order valence-corrected chi connectivity index (χ3v) is 6.23. The van der Waals surface area contributed by atoms with Crippen molar-refractivity contribution in [3.8, 4) is 16.9 Å². The van der Waals surface area contributed by atoms with E-state index in [1.165, 1.54) is 11.3 Å². The monoisotopic (exact) mass is 458 g/mol. The van der Waals surface area contributed by atoms with Gasteiger partial charge in [0.25, 0.3) is 5.91 Å². The number of aryl methyl sites for hydroxylation is 1. The smallest absolute Gasteiger partial charge is 0.276 e. The van der Waals surface area contributed by atoms with Crippen LogP contribution in [0.3, 0.4) is 0 Å². The van der Waals surface area contributed by atoms with Gasteiger partial charge in [-0.1, -0.05) is 47.1 Å². The highest BCUT2D eigenvalue weighted by atomic mass is 35.5. The Balaban J connectivity index is 1.46. The summed E-state index contributed by atoms with van der Waals surface area (Å²) in [5.74, 6) is -0.142. The molecule has 1 amide bonds. The number of halogens is 1. The molecule has 1 aliphatic rings. The second-order valence-electron chi connectivity index (χ2n) is 7.96. The third-order valence-electron chi connectivity index (χ3n) is 5.91. The van der Waals surface area contributed by atoms with E-state index >= 15 is 0 Å². The topological polar surface area (TPSA) is 67.2 Å². The maximum Gasteiger partial charge on any atom is 0.276 e. The number of aromatic nitrogens is 4. The molecule has 0 N–H and O–H groups in total. The number of carbonyl (C=O) groups excluding carboxylic acids is 1. The summed E-state index contributed by atoms with van der Waals surface area (Å²) in [7, 11) is 0. The zero-order valence-corrected chi connectivity index (χ0v) is 19.0. The Morgan fingerprint density at radius 3 is 2.33 bits per heavy atom. The van der Waals surface area contributed by atoms with E-state index < -0.39 is 0 Å². The van der Waals surface area contributed by atoms with Gasteiger partial charge in [-0.3, -0.25) is 9.78 Å². The molecule has 1 aliphatic heterocycles. The number of hydrogen-bond donors (Lipinski definition) is 0. The van der Waals surface area contributed by atoms with E-state index in [9.17, 15) is 4.79 Å². The zero-order chi connectivity index (χ0) is 22.8. The summed E-state index contributed by atoms with van der Waals surface area (Å²) in [5, 5.41) is 9.13. The molecule has 3 heterocycles. The first-order chi connectivity index (χ1) is 16.1. The lowest BCUT2D eigenvalue weighted by molar-refractivity contribution is 0.0741. The molecule has 166 valence electrons. The van der Waals surface area contributed by atoms with Crippen LogP contribution in [0.15, 0.2) is 73.1 Å². The number of pyridine rings is 1. The fourth-order valence-electron chi connectivity index (χ4n) is 4.20. The van der Waals surface area contributed by atoms with Crippen LogP contribution in [0.25, 0.3) is 16.9 Å². The van der Waals surface area contributed by atoms with E-state index in [-0.39, 0.29) is 5.91 Å². The highest BCUT2D eigenvalue weighted by Gasteiger charge is 2.29. The van der Waals surface area contributed by atoms with E-state index in [2.05, 4.69) is 39.3 Å². The molecule has 7 nitrogen and oxygen atoms in total. The molecule has 1 saturated heterocycles. The fraction of sp³-hybridized carbons (Fsp3) is 0.200. The lowest BCUT2D eigenvalue weighted by Gasteiger charge is -2.36.